The van der Waals surface area contributed by atoms with Gasteiger partial charge in [0.25, 0.3) is 0 Å². The van der Waals surface area contributed by atoms with Crippen molar-refractivity contribution in [3.63, 3.8) is 0 Å². The van der Waals surface area contributed by atoms with Gasteiger partial charge in [0.2, 0.25) is 0 Å². The van der Waals surface area contributed by atoms with Gasteiger partial charge in [0.1, 0.15) is 11.9 Å². The van der Waals surface area contributed by atoms with Gasteiger partial charge in [0.15, 0.2) is 0 Å². The third kappa shape index (κ3) is 8.93. The molecule has 0 aromatic heterocycles. The number of hydrogen-bond donors (Lipinski definition) is 0. The van der Waals surface area contributed by atoms with E-state index < -0.39 is 0 Å². The molecule has 0 spiro atoms. The van der Waals surface area contributed by atoms with Crippen LogP contribution in [0.15, 0.2) is 193 Å². The van der Waals surface area contributed by atoms with Crippen molar-refractivity contribution < 1.29 is 4.74 Å². The third-order valence-corrected chi connectivity index (χ3v) is 13.5. The number of fused-ring (bicyclic) bond motifs is 5. The lowest BCUT2D eigenvalue weighted by Gasteiger charge is -2.25. The van der Waals surface area contributed by atoms with Crippen LogP contribution in [0.2, 0.25) is 0 Å². The van der Waals surface area contributed by atoms with E-state index in [0.717, 1.165) is 12.2 Å². The van der Waals surface area contributed by atoms with Gasteiger partial charge in [0, 0.05) is 28.5 Å². The Morgan fingerprint density at radius 3 is 1.92 bits per heavy atom. The highest BCUT2D eigenvalue weighted by molar-refractivity contribution is 5.88. The van der Waals surface area contributed by atoms with E-state index in [0.29, 0.717) is 0 Å². The van der Waals surface area contributed by atoms with Crippen LogP contribution in [0.3, 0.4) is 0 Å². The van der Waals surface area contributed by atoms with Gasteiger partial charge in [-0.2, -0.15) is 0 Å². The van der Waals surface area contributed by atoms with Gasteiger partial charge >= 0.3 is 0 Å². The number of hydrogen-bond acceptors (Lipinski definition) is 1. The Balaban J connectivity index is 0.000000124. The summed E-state index contributed by atoms with van der Waals surface area (Å²) in [6, 6.07) is 50.4. The van der Waals surface area contributed by atoms with Crippen molar-refractivity contribution in [2.24, 2.45) is 0 Å². The van der Waals surface area contributed by atoms with Crippen molar-refractivity contribution in [3.05, 3.63) is 227 Å². The minimum atomic E-state index is 0.169. The average Bonchev–Trinajstić information content (AvgIpc) is 3.82. The molecule has 1 atom stereocenters. The SMILES string of the molecule is CCCC1=CC=C(c2ccc(-c3ccccc3)cc2)CC1.Cc1ccc(-c2ccc(-c3cccc4c3OC3CC=CC=C43)cc2)cc1.Cc1ccc2c(c1)C(C)(C)C1=C2C=CCC1. The van der Waals surface area contributed by atoms with E-state index >= 15 is 0 Å². The largest absolute Gasteiger partial charge is 0.484 e. The highest BCUT2D eigenvalue weighted by atomic mass is 16.5. The Bertz CT molecular complexity index is 2780. The minimum absolute atomic E-state index is 0.169. The van der Waals surface area contributed by atoms with Gasteiger partial charge in [-0.25, -0.2) is 0 Å². The first-order valence-corrected chi connectivity index (χ1v) is 23.2. The fraction of sp³-hybridized carbons (Fsp3) is 0.226. The lowest BCUT2D eigenvalue weighted by atomic mass is 9.78. The molecule has 6 aromatic carbocycles. The lowest BCUT2D eigenvalue weighted by Crippen LogP contribution is -2.17. The molecular formula is C62H60O. The van der Waals surface area contributed by atoms with E-state index in [1.807, 2.05) is 0 Å². The zero-order valence-electron chi connectivity index (χ0n) is 37.8. The van der Waals surface area contributed by atoms with Crippen molar-refractivity contribution in [2.45, 2.75) is 91.1 Å². The molecule has 0 saturated heterocycles. The Morgan fingerprint density at radius 2 is 1.22 bits per heavy atom. The van der Waals surface area contributed by atoms with E-state index in [1.54, 1.807) is 11.1 Å². The summed E-state index contributed by atoms with van der Waals surface area (Å²) in [6.07, 6.45) is 24.2. The van der Waals surface area contributed by atoms with E-state index in [9.17, 15) is 0 Å². The quantitative estimate of drug-likeness (QED) is 0.163. The topological polar surface area (TPSA) is 9.23 Å². The van der Waals surface area contributed by atoms with Gasteiger partial charge in [-0.1, -0.05) is 232 Å². The van der Waals surface area contributed by atoms with Crippen LogP contribution in [0.5, 0.6) is 5.75 Å². The summed E-state index contributed by atoms with van der Waals surface area (Å²) in [5.74, 6) is 1.02. The maximum atomic E-state index is 6.30. The molecule has 1 unspecified atom stereocenters. The van der Waals surface area contributed by atoms with Crippen LogP contribution in [-0.4, -0.2) is 6.10 Å². The molecule has 314 valence electrons. The summed E-state index contributed by atoms with van der Waals surface area (Å²) in [5.41, 5.74) is 23.4. The molecule has 1 aliphatic heterocycles. The molecule has 1 nitrogen and oxygen atoms in total. The average molecular weight is 821 g/mol. The predicted molar refractivity (Wildman–Crippen MR) is 270 cm³/mol. The molecule has 0 saturated carbocycles. The Hall–Kier alpha value is -6.44. The summed E-state index contributed by atoms with van der Waals surface area (Å²) in [7, 11) is 0. The fourth-order valence-electron chi connectivity index (χ4n) is 9.93. The Morgan fingerprint density at radius 1 is 0.571 bits per heavy atom. The maximum absolute atomic E-state index is 6.30. The molecule has 0 amide bonds. The van der Waals surface area contributed by atoms with Crippen molar-refractivity contribution in [2.75, 3.05) is 0 Å². The van der Waals surface area contributed by atoms with Crippen LogP contribution >= 0.6 is 0 Å². The van der Waals surface area contributed by atoms with Crippen LogP contribution in [0.1, 0.15) is 99.1 Å². The monoisotopic (exact) mass is 820 g/mol. The van der Waals surface area contributed by atoms with Crippen molar-refractivity contribution in [1.82, 2.24) is 0 Å². The Kier molecular flexibility index (Phi) is 12.3. The zero-order valence-corrected chi connectivity index (χ0v) is 37.8. The van der Waals surface area contributed by atoms with Crippen LogP contribution in [-0.2, 0) is 5.41 Å². The fourth-order valence-corrected chi connectivity index (χ4v) is 9.93. The molecule has 0 bridgehead atoms. The normalized spacial score (nSPS) is 17.3. The number of ether oxygens (including phenoxy) is 1. The number of aryl methyl sites for hydroxylation is 2. The maximum Gasteiger partial charge on any atom is 0.135 e. The summed E-state index contributed by atoms with van der Waals surface area (Å²) < 4.78 is 6.30. The third-order valence-electron chi connectivity index (χ3n) is 13.5. The van der Waals surface area contributed by atoms with Gasteiger partial charge in [-0.3, -0.25) is 0 Å². The molecule has 6 aromatic rings. The lowest BCUT2D eigenvalue weighted by molar-refractivity contribution is 0.280. The minimum Gasteiger partial charge on any atom is -0.484 e. The number of rotatable bonds is 6. The van der Waals surface area contributed by atoms with Crippen LogP contribution in [0.4, 0.5) is 0 Å². The van der Waals surface area contributed by atoms with Gasteiger partial charge in [-0.15, -0.1) is 0 Å². The van der Waals surface area contributed by atoms with E-state index in [4.69, 9.17) is 4.74 Å². The Labute approximate surface area is 376 Å². The zero-order chi connectivity index (χ0) is 43.3. The molecule has 0 radical (unpaired) electrons. The molecule has 1 heterocycles. The number of para-hydroxylation sites is 1. The first-order valence-electron chi connectivity index (χ1n) is 23.2. The summed E-state index contributed by atoms with van der Waals surface area (Å²) >= 11 is 0. The van der Waals surface area contributed by atoms with Crippen molar-refractivity contribution in [3.8, 4) is 39.1 Å². The van der Waals surface area contributed by atoms with E-state index in [2.05, 4.69) is 217 Å². The molecular weight excluding hydrogens is 761 g/mol. The second kappa shape index (κ2) is 18.5. The van der Waals surface area contributed by atoms with Crippen molar-refractivity contribution in [1.29, 1.82) is 0 Å². The molecule has 63 heavy (non-hydrogen) atoms. The number of allylic oxidation sites excluding steroid dienone is 10. The van der Waals surface area contributed by atoms with Gasteiger partial charge < -0.3 is 4.74 Å². The van der Waals surface area contributed by atoms with Crippen LogP contribution in [0, 0.1) is 13.8 Å². The molecule has 4 aliphatic carbocycles. The second-order valence-corrected chi connectivity index (χ2v) is 18.2. The molecule has 0 fully saturated rings. The molecule has 0 N–H and O–H groups in total. The second-order valence-electron chi connectivity index (χ2n) is 18.2. The van der Waals surface area contributed by atoms with Gasteiger partial charge in [-0.05, 0) is 102 Å². The van der Waals surface area contributed by atoms with Crippen LogP contribution < -0.4 is 4.74 Å². The smallest absolute Gasteiger partial charge is 0.135 e. The standard InChI is InChI=1S/C25H20O.C21H22.C16H18/c1-17-9-11-18(12-10-17)19-13-15-20(16-14-19)21-6-4-7-23-22-5-2-3-8-24(22)26-25(21)23;1-2-6-17-9-11-19(12-10-17)21-15-13-20(14-16-21)18-7-4-3-5-8-18;1-11-8-9-13-12-6-4-5-7-14(12)16(2,3)15(13)10-11/h2-7,9-16,24H,8H2,1H3;3-5,7-9,11,13-16H,2,6,10,12H2,1H3;4,6,8-10H,5,7H2,1-3H3. The predicted octanol–water partition coefficient (Wildman–Crippen LogP) is 17.1. The summed E-state index contributed by atoms with van der Waals surface area (Å²) in [5, 5.41) is 0. The van der Waals surface area contributed by atoms with E-state index in [-0.39, 0.29) is 11.5 Å². The van der Waals surface area contributed by atoms with Gasteiger partial charge in [0.05, 0.1) is 0 Å². The molecule has 5 aliphatic rings. The van der Waals surface area contributed by atoms with Crippen LogP contribution in [0.25, 0.3) is 50.1 Å². The van der Waals surface area contributed by atoms with E-state index in [1.165, 1.54) is 122 Å². The first kappa shape index (κ1) is 41.9. The molecule has 11 rings (SSSR count). The highest BCUT2D eigenvalue weighted by Gasteiger charge is 2.37. The van der Waals surface area contributed by atoms with Crippen molar-refractivity contribution >= 4 is 16.7 Å². The highest BCUT2D eigenvalue weighted by Crippen LogP contribution is 2.50. The summed E-state index contributed by atoms with van der Waals surface area (Å²) in [6.45, 7) is 11.3. The molecule has 1 heteroatoms. The summed E-state index contributed by atoms with van der Waals surface area (Å²) in [4.78, 5) is 0. The first-order chi connectivity index (χ1) is 30.8. The number of benzene rings is 6.